The lowest BCUT2D eigenvalue weighted by atomic mass is 9.38. The smallest absolute Gasteiger partial charge is 0.338 e. The van der Waals surface area contributed by atoms with Crippen LogP contribution in [-0.4, -0.2) is 76.0 Å². The van der Waals surface area contributed by atoms with E-state index < -0.39 is 93.9 Å². The second-order valence-electron chi connectivity index (χ2n) is 14.6. The van der Waals surface area contributed by atoms with E-state index in [1.165, 1.54) is 25.1 Å². The van der Waals surface area contributed by atoms with Gasteiger partial charge in [-0.1, -0.05) is 63.2 Å². The third-order valence-corrected chi connectivity index (χ3v) is 11.1. The summed E-state index contributed by atoms with van der Waals surface area (Å²) in [6, 6.07) is 16.2. The topological polar surface area (TPSA) is 163 Å². The van der Waals surface area contributed by atoms with Crippen molar-refractivity contribution in [1.82, 2.24) is 0 Å². The standard InChI is InChI=1S/C38H44O11/c1-8-36(6)20-25(48-32(42)23-15-11-9-12-16-23)29-37(7)26(19-27(46-21(2)39)38(29,45)34(36)44)35(4,5)30(47-22(3)40)28(41)31(37)49-33(43)24-17-13-10-14-18-24/h8-18,25-31,41,45H,1,19-20H2,2-7H3/t25?,26-,27?,28?,29+,30?,31?,36-,37-,38-/m0/s1. The number of carbonyl (C=O) groups is 5. The van der Waals surface area contributed by atoms with E-state index in [9.17, 15) is 34.2 Å². The fraction of sp³-hybridized carbons (Fsp3) is 0.500. The molecule has 0 saturated heterocycles. The summed E-state index contributed by atoms with van der Waals surface area (Å²) >= 11 is 0. The SMILES string of the molecule is C=C[C@@]1(C)CC(OC(=O)c2ccccc2)[C@@H]2[C@@]3(C)C(OC(=O)c4ccccc4)C(O)C(OC(C)=O)C(C)(C)[C@@H]3CC(OC(C)=O)[C@@]2(O)C1=O. The molecule has 5 rings (SSSR count). The van der Waals surface area contributed by atoms with Crippen molar-refractivity contribution in [2.24, 2.45) is 28.1 Å². The van der Waals surface area contributed by atoms with Crippen LogP contribution in [-0.2, 0) is 33.3 Å². The van der Waals surface area contributed by atoms with E-state index in [-0.39, 0.29) is 24.0 Å². The maximum atomic E-state index is 14.7. The molecule has 11 nitrogen and oxygen atoms in total. The fourth-order valence-electron chi connectivity index (χ4n) is 9.00. The van der Waals surface area contributed by atoms with Gasteiger partial charge in [0.15, 0.2) is 11.4 Å². The van der Waals surface area contributed by atoms with Gasteiger partial charge in [-0.2, -0.15) is 0 Å². The summed E-state index contributed by atoms with van der Waals surface area (Å²) in [5.41, 5.74) is -6.28. The van der Waals surface area contributed by atoms with E-state index in [4.69, 9.17) is 18.9 Å². The molecule has 0 bridgehead atoms. The molecule has 5 unspecified atom stereocenters. The summed E-state index contributed by atoms with van der Waals surface area (Å²) in [6.07, 6.45) is -6.03. The monoisotopic (exact) mass is 676 g/mol. The number of benzene rings is 2. The van der Waals surface area contributed by atoms with Gasteiger partial charge in [-0.15, -0.1) is 6.58 Å². The van der Waals surface area contributed by atoms with E-state index >= 15 is 0 Å². The molecule has 3 aliphatic carbocycles. The zero-order valence-electron chi connectivity index (χ0n) is 28.6. The van der Waals surface area contributed by atoms with Gasteiger partial charge in [0.1, 0.15) is 30.5 Å². The first-order valence-corrected chi connectivity index (χ1v) is 16.4. The number of Topliss-reactive ketones (excluding diaryl/α,β-unsaturated/α-hetero) is 1. The lowest BCUT2D eigenvalue weighted by Crippen LogP contribution is -2.80. The zero-order chi connectivity index (χ0) is 36.1. The van der Waals surface area contributed by atoms with Crippen molar-refractivity contribution in [3.05, 3.63) is 84.4 Å². The van der Waals surface area contributed by atoms with E-state index in [0.717, 1.165) is 6.92 Å². The molecular weight excluding hydrogens is 632 g/mol. The molecule has 0 amide bonds. The van der Waals surface area contributed by atoms with Crippen LogP contribution in [0.2, 0.25) is 0 Å². The number of hydrogen-bond acceptors (Lipinski definition) is 11. The molecule has 2 aromatic carbocycles. The van der Waals surface area contributed by atoms with Crippen molar-refractivity contribution in [1.29, 1.82) is 0 Å². The van der Waals surface area contributed by atoms with Gasteiger partial charge >= 0.3 is 23.9 Å². The van der Waals surface area contributed by atoms with E-state index in [2.05, 4.69) is 6.58 Å². The van der Waals surface area contributed by atoms with Crippen LogP contribution in [0.15, 0.2) is 73.3 Å². The average molecular weight is 677 g/mol. The molecule has 10 atom stereocenters. The van der Waals surface area contributed by atoms with Crippen LogP contribution in [0, 0.1) is 28.1 Å². The molecule has 3 aliphatic rings. The van der Waals surface area contributed by atoms with Crippen molar-refractivity contribution in [3.63, 3.8) is 0 Å². The number of ether oxygens (including phenoxy) is 4. The van der Waals surface area contributed by atoms with Crippen LogP contribution in [0.5, 0.6) is 0 Å². The molecule has 49 heavy (non-hydrogen) atoms. The third kappa shape index (κ3) is 5.86. The van der Waals surface area contributed by atoms with Gasteiger partial charge in [-0.25, -0.2) is 9.59 Å². The van der Waals surface area contributed by atoms with Crippen LogP contribution in [0.3, 0.4) is 0 Å². The number of hydrogen-bond donors (Lipinski definition) is 2. The quantitative estimate of drug-likeness (QED) is 0.245. The first-order chi connectivity index (χ1) is 22.9. The van der Waals surface area contributed by atoms with Gasteiger partial charge in [0.25, 0.3) is 0 Å². The minimum absolute atomic E-state index is 0.126. The maximum absolute atomic E-state index is 14.7. The van der Waals surface area contributed by atoms with E-state index in [1.807, 2.05) is 0 Å². The van der Waals surface area contributed by atoms with Gasteiger partial charge in [0, 0.05) is 37.0 Å². The summed E-state index contributed by atoms with van der Waals surface area (Å²) < 4.78 is 23.8. The molecule has 11 heteroatoms. The molecule has 2 N–H and O–H groups in total. The van der Waals surface area contributed by atoms with Crippen LogP contribution in [0.4, 0.5) is 0 Å². The number of aliphatic hydroxyl groups excluding tert-OH is 1. The van der Waals surface area contributed by atoms with E-state index in [0.29, 0.717) is 0 Å². The molecular formula is C38H44O11. The predicted octanol–water partition coefficient (Wildman–Crippen LogP) is 4.24. The van der Waals surface area contributed by atoms with Crippen LogP contribution in [0.1, 0.15) is 75.1 Å². The highest BCUT2D eigenvalue weighted by Gasteiger charge is 2.78. The summed E-state index contributed by atoms with van der Waals surface area (Å²) in [5.74, 6) is -5.91. The molecule has 0 heterocycles. The molecule has 262 valence electrons. The number of carbonyl (C=O) groups excluding carboxylic acids is 5. The minimum Gasteiger partial charge on any atom is -0.459 e. The Balaban J connectivity index is 1.77. The predicted molar refractivity (Wildman–Crippen MR) is 175 cm³/mol. The van der Waals surface area contributed by atoms with E-state index in [1.54, 1.807) is 76.2 Å². The highest BCUT2D eigenvalue weighted by molar-refractivity contribution is 5.97. The lowest BCUT2D eigenvalue weighted by Gasteiger charge is -2.69. The molecule has 2 aromatic rings. The molecule has 0 radical (unpaired) electrons. The van der Waals surface area contributed by atoms with Gasteiger partial charge in [0.05, 0.1) is 16.5 Å². The van der Waals surface area contributed by atoms with Gasteiger partial charge in [-0.05, 0) is 43.5 Å². The Hall–Kier alpha value is -4.35. The minimum atomic E-state index is -2.51. The van der Waals surface area contributed by atoms with Crippen LogP contribution in [0.25, 0.3) is 0 Å². The van der Waals surface area contributed by atoms with Crippen molar-refractivity contribution >= 4 is 29.7 Å². The van der Waals surface area contributed by atoms with Crippen molar-refractivity contribution < 1.29 is 53.1 Å². The average Bonchev–Trinajstić information content (AvgIpc) is 3.05. The Morgan fingerprint density at radius 3 is 1.80 bits per heavy atom. The van der Waals surface area contributed by atoms with Crippen LogP contribution >= 0.6 is 0 Å². The largest absolute Gasteiger partial charge is 0.459 e. The van der Waals surface area contributed by atoms with Crippen molar-refractivity contribution in [2.45, 2.75) is 90.5 Å². The fourth-order valence-corrected chi connectivity index (χ4v) is 9.00. The highest BCUT2D eigenvalue weighted by atomic mass is 16.6. The second-order valence-corrected chi connectivity index (χ2v) is 14.6. The number of rotatable bonds is 7. The zero-order valence-corrected chi connectivity index (χ0v) is 28.6. The lowest BCUT2D eigenvalue weighted by molar-refractivity contribution is -0.313. The number of fused-ring (bicyclic) bond motifs is 3. The Morgan fingerprint density at radius 2 is 1.31 bits per heavy atom. The molecule has 0 aliphatic heterocycles. The van der Waals surface area contributed by atoms with Gasteiger partial charge in [0.2, 0.25) is 0 Å². The number of aliphatic hydroxyl groups is 2. The number of ketones is 1. The Labute approximate surface area is 285 Å². The second kappa shape index (κ2) is 12.8. The normalized spacial score (nSPS) is 36.2. The summed E-state index contributed by atoms with van der Waals surface area (Å²) in [4.78, 5) is 67.1. The molecule has 3 saturated carbocycles. The number of esters is 4. The first kappa shape index (κ1) is 35.9. The Morgan fingerprint density at radius 1 is 0.796 bits per heavy atom. The molecule has 0 spiro atoms. The first-order valence-electron chi connectivity index (χ1n) is 16.4. The Bertz CT molecular complexity index is 1640. The summed E-state index contributed by atoms with van der Waals surface area (Å²) in [7, 11) is 0. The van der Waals surface area contributed by atoms with Crippen molar-refractivity contribution in [3.8, 4) is 0 Å². The molecule has 3 fully saturated rings. The molecule has 0 aromatic heterocycles. The van der Waals surface area contributed by atoms with Gasteiger partial charge < -0.3 is 29.2 Å². The summed E-state index contributed by atoms with van der Waals surface area (Å²) in [6.45, 7) is 12.9. The number of allylic oxidation sites excluding steroid dienone is 1. The highest BCUT2D eigenvalue weighted by Crippen LogP contribution is 2.67. The van der Waals surface area contributed by atoms with Crippen LogP contribution < -0.4 is 0 Å². The van der Waals surface area contributed by atoms with Gasteiger partial charge in [-0.3, -0.25) is 14.4 Å². The Kier molecular flexibility index (Phi) is 9.42. The third-order valence-electron chi connectivity index (χ3n) is 11.1. The summed E-state index contributed by atoms with van der Waals surface area (Å²) in [5, 5.41) is 25.1. The maximum Gasteiger partial charge on any atom is 0.338 e. The van der Waals surface area contributed by atoms with Crippen molar-refractivity contribution in [2.75, 3.05) is 0 Å².